The topological polar surface area (TPSA) is 61.6 Å². The van der Waals surface area contributed by atoms with Gasteiger partial charge in [-0.3, -0.25) is 10.1 Å². The maximum Gasteiger partial charge on any atom is 0.267 e. The van der Waals surface area contributed by atoms with E-state index in [0.717, 1.165) is 12.8 Å². The summed E-state index contributed by atoms with van der Waals surface area (Å²) in [6.07, 6.45) is 6.44. The molecule has 2 atom stereocenters. The van der Waals surface area contributed by atoms with Crippen molar-refractivity contribution in [1.82, 2.24) is 0 Å². The highest BCUT2D eigenvalue weighted by Crippen LogP contribution is 2.34. The second-order valence-electron chi connectivity index (χ2n) is 5.41. The van der Waals surface area contributed by atoms with Crippen LogP contribution >= 0.6 is 0 Å². The molecule has 0 saturated carbocycles. The summed E-state index contributed by atoms with van der Waals surface area (Å²) in [6.45, 7) is 4.31. The SMILES string of the molecule is CCC1([N+](=O)[O-])COC(C2CC=CCC2C)OC1. The highest BCUT2D eigenvalue weighted by atomic mass is 16.7. The zero-order valence-electron chi connectivity index (χ0n) is 11.0. The van der Waals surface area contributed by atoms with Gasteiger partial charge in [0.2, 0.25) is 0 Å². The molecule has 102 valence electrons. The molecular weight excluding hydrogens is 234 g/mol. The standard InChI is InChI=1S/C13H21NO4/c1-3-13(14(15)16)8-17-12(18-9-13)11-7-5-4-6-10(11)2/h4-5,10-12H,3,6-9H2,1-2H3. The minimum absolute atomic E-state index is 0.161. The van der Waals surface area contributed by atoms with E-state index < -0.39 is 5.54 Å². The average molecular weight is 255 g/mol. The Morgan fingerprint density at radius 1 is 1.33 bits per heavy atom. The van der Waals surface area contributed by atoms with E-state index in [0.29, 0.717) is 18.3 Å². The quantitative estimate of drug-likeness (QED) is 0.441. The first-order chi connectivity index (χ1) is 8.59. The van der Waals surface area contributed by atoms with Crippen molar-refractivity contribution in [3.05, 3.63) is 22.3 Å². The van der Waals surface area contributed by atoms with Gasteiger partial charge < -0.3 is 9.47 Å². The molecule has 0 aromatic heterocycles. The van der Waals surface area contributed by atoms with Crippen molar-refractivity contribution in [3.8, 4) is 0 Å². The van der Waals surface area contributed by atoms with E-state index in [9.17, 15) is 10.1 Å². The molecule has 0 aromatic carbocycles. The third kappa shape index (κ3) is 2.42. The fourth-order valence-electron chi connectivity index (χ4n) is 2.60. The van der Waals surface area contributed by atoms with Crippen molar-refractivity contribution in [2.45, 2.75) is 44.9 Å². The lowest BCUT2D eigenvalue weighted by Crippen LogP contribution is -2.54. The number of rotatable bonds is 3. The van der Waals surface area contributed by atoms with E-state index >= 15 is 0 Å². The molecule has 5 heteroatoms. The molecule has 0 N–H and O–H groups in total. The highest BCUT2D eigenvalue weighted by molar-refractivity contribution is 4.95. The number of ether oxygens (including phenoxy) is 2. The second-order valence-corrected chi connectivity index (χ2v) is 5.41. The van der Waals surface area contributed by atoms with Crippen molar-refractivity contribution in [2.75, 3.05) is 13.2 Å². The van der Waals surface area contributed by atoms with Crippen LogP contribution in [0.1, 0.15) is 33.1 Å². The molecule has 1 fully saturated rings. The van der Waals surface area contributed by atoms with Crippen LogP contribution in [0.5, 0.6) is 0 Å². The second kappa shape index (κ2) is 5.36. The Morgan fingerprint density at radius 2 is 1.94 bits per heavy atom. The Kier molecular flexibility index (Phi) is 4.02. The lowest BCUT2D eigenvalue weighted by Gasteiger charge is -2.39. The predicted octanol–water partition coefficient (Wildman–Crippen LogP) is 2.39. The lowest BCUT2D eigenvalue weighted by atomic mass is 9.83. The van der Waals surface area contributed by atoms with Gasteiger partial charge in [0.25, 0.3) is 5.54 Å². The van der Waals surface area contributed by atoms with Crippen LogP contribution < -0.4 is 0 Å². The predicted molar refractivity (Wildman–Crippen MR) is 66.7 cm³/mol. The van der Waals surface area contributed by atoms with E-state index in [2.05, 4.69) is 19.1 Å². The largest absolute Gasteiger partial charge is 0.345 e. The van der Waals surface area contributed by atoms with E-state index in [4.69, 9.17) is 9.47 Å². The van der Waals surface area contributed by atoms with Gasteiger partial charge in [-0.2, -0.15) is 0 Å². The van der Waals surface area contributed by atoms with Gasteiger partial charge in [-0.25, -0.2) is 0 Å². The van der Waals surface area contributed by atoms with Crippen molar-refractivity contribution in [1.29, 1.82) is 0 Å². The van der Waals surface area contributed by atoms with Crippen LogP contribution in [0, 0.1) is 22.0 Å². The molecule has 0 spiro atoms. The van der Waals surface area contributed by atoms with Crippen LogP contribution in [-0.4, -0.2) is 30.0 Å². The molecule has 1 saturated heterocycles. The van der Waals surface area contributed by atoms with Crippen LogP contribution in [0.4, 0.5) is 0 Å². The van der Waals surface area contributed by atoms with Gasteiger partial charge in [-0.05, 0) is 18.8 Å². The number of allylic oxidation sites excluding steroid dienone is 2. The molecule has 2 rings (SSSR count). The molecule has 0 amide bonds. The van der Waals surface area contributed by atoms with Gasteiger partial charge in [-0.1, -0.05) is 26.0 Å². The van der Waals surface area contributed by atoms with Crippen LogP contribution in [-0.2, 0) is 9.47 Å². The first kappa shape index (κ1) is 13.5. The molecule has 2 aliphatic rings. The molecule has 2 unspecified atom stereocenters. The lowest BCUT2D eigenvalue weighted by molar-refractivity contribution is -0.593. The maximum absolute atomic E-state index is 11.1. The van der Waals surface area contributed by atoms with Crippen LogP contribution in [0.2, 0.25) is 0 Å². The monoisotopic (exact) mass is 255 g/mol. The van der Waals surface area contributed by atoms with Gasteiger partial charge in [0.15, 0.2) is 6.29 Å². The summed E-state index contributed by atoms with van der Waals surface area (Å²) >= 11 is 0. The number of hydrogen-bond acceptors (Lipinski definition) is 4. The van der Waals surface area contributed by atoms with E-state index in [-0.39, 0.29) is 24.4 Å². The Labute approximate surface area is 107 Å². The summed E-state index contributed by atoms with van der Waals surface area (Å²) in [5.74, 6) is 0.821. The molecular formula is C13H21NO4. The smallest absolute Gasteiger partial charge is 0.267 e. The maximum atomic E-state index is 11.1. The van der Waals surface area contributed by atoms with Crippen molar-refractivity contribution >= 4 is 0 Å². The van der Waals surface area contributed by atoms with E-state index in [1.54, 1.807) is 0 Å². The summed E-state index contributed by atoms with van der Waals surface area (Å²) < 4.78 is 11.3. The summed E-state index contributed by atoms with van der Waals surface area (Å²) in [5, 5.41) is 11.1. The van der Waals surface area contributed by atoms with Crippen molar-refractivity contribution in [3.63, 3.8) is 0 Å². The zero-order chi connectivity index (χ0) is 13.2. The molecule has 0 radical (unpaired) electrons. The third-order valence-corrected chi connectivity index (χ3v) is 4.24. The van der Waals surface area contributed by atoms with Crippen LogP contribution in [0.3, 0.4) is 0 Å². The Bertz CT molecular complexity index is 334. The third-order valence-electron chi connectivity index (χ3n) is 4.24. The molecule has 1 aliphatic heterocycles. The van der Waals surface area contributed by atoms with Gasteiger partial charge in [0, 0.05) is 17.3 Å². The Hall–Kier alpha value is -0.940. The zero-order valence-corrected chi connectivity index (χ0v) is 11.0. The molecule has 1 aliphatic carbocycles. The van der Waals surface area contributed by atoms with Gasteiger partial charge in [0.05, 0.1) is 0 Å². The summed E-state index contributed by atoms with van der Waals surface area (Å²) in [7, 11) is 0. The number of nitrogens with zero attached hydrogens (tertiary/aromatic N) is 1. The molecule has 18 heavy (non-hydrogen) atoms. The van der Waals surface area contributed by atoms with E-state index in [1.807, 2.05) is 6.92 Å². The van der Waals surface area contributed by atoms with Crippen molar-refractivity contribution in [2.24, 2.45) is 11.8 Å². The Morgan fingerprint density at radius 3 is 2.44 bits per heavy atom. The minimum Gasteiger partial charge on any atom is -0.345 e. The summed E-state index contributed by atoms with van der Waals surface area (Å²) in [5.41, 5.74) is -1.05. The summed E-state index contributed by atoms with van der Waals surface area (Å²) in [4.78, 5) is 10.8. The first-order valence-corrected chi connectivity index (χ1v) is 6.62. The first-order valence-electron chi connectivity index (χ1n) is 6.62. The van der Waals surface area contributed by atoms with E-state index in [1.165, 1.54) is 0 Å². The summed E-state index contributed by atoms with van der Waals surface area (Å²) in [6, 6.07) is 0. The van der Waals surface area contributed by atoms with Crippen molar-refractivity contribution < 1.29 is 14.4 Å². The van der Waals surface area contributed by atoms with Gasteiger partial charge >= 0.3 is 0 Å². The number of hydrogen-bond donors (Lipinski definition) is 0. The fraction of sp³-hybridized carbons (Fsp3) is 0.846. The normalized spacial score (nSPS) is 40.7. The Balaban J connectivity index is 1.97. The van der Waals surface area contributed by atoms with Crippen LogP contribution in [0.25, 0.3) is 0 Å². The van der Waals surface area contributed by atoms with Crippen LogP contribution in [0.15, 0.2) is 12.2 Å². The molecule has 0 bridgehead atoms. The molecule has 5 nitrogen and oxygen atoms in total. The fourth-order valence-corrected chi connectivity index (χ4v) is 2.60. The van der Waals surface area contributed by atoms with Gasteiger partial charge in [-0.15, -0.1) is 0 Å². The molecule has 0 aromatic rings. The minimum atomic E-state index is -1.05. The molecule has 1 heterocycles. The average Bonchev–Trinajstić information content (AvgIpc) is 2.39. The highest BCUT2D eigenvalue weighted by Gasteiger charge is 2.48. The van der Waals surface area contributed by atoms with Gasteiger partial charge in [0.1, 0.15) is 13.2 Å². The number of nitro groups is 1.